The molecule has 0 aliphatic carbocycles. The molecule has 0 unspecified atom stereocenters. The zero-order valence-electron chi connectivity index (χ0n) is 9.21. The molecule has 0 saturated heterocycles. The molecule has 6 nitrogen and oxygen atoms in total. The van der Waals surface area contributed by atoms with E-state index < -0.39 is 16.0 Å². The summed E-state index contributed by atoms with van der Waals surface area (Å²) >= 11 is 0. The third-order valence-electron chi connectivity index (χ3n) is 1.85. The van der Waals surface area contributed by atoms with Crippen LogP contribution in [0.5, 0.6) is 5.75 Å². The number of phenolic OH excluding ortho intramolecular Hbond substituents is 1. The van der Waals surface area contributed by atoms with Crippen LogP contribution in [0.3, 0.4) is 0 Å². The first-order valence-corrected chi connectivity index (χ1v) is 6.32. The third-order valence-corrected chi connectivity index (χ3v) is 3.32. The molecule has 0 spiro atoms. The highest BCUT2D eigenvalue weighted by Crippen LogP contribution is 2.13. The Bertz CT molecular complexity index is 480. The first-order chi connectivity index (χ1) is 7.92. The van der Waals surface area contributed by atoms with Crippen molar-refractivity contribution in [3.05, 3.63) is 24.3 Å². The smallest absolute Gasteiger partial charge is 0.302 e. The molecule has 0 aromatic heterocycles. The Morgan fingerprint density at radius 3 is 2.47 bits per heavy atom. The van der Waals surface area contributed by atoms with Crippen LogP contribution in [0.25, 0.3) is 0 Å². The van der Waals surface area contributed by atoms with E-state index in [2.05, 4.69) is 9.46 Å². The lowest BCUT2D eigenvalue weighted by atomic mass is 10.3. The van der Waals surface area contributed by atoms with Gasteiger partial charge in [0.15, 0.2) is 0 Å². The molecule has 0 heterocycles. The number of benzene rings is 1. The van der Waals surface area contributed by atoms with E-state index in [9.17, 15) is 13.2 Å². The van der Waals surface area contributed by atoms with Crippen LogP contribution in [-0.4, -0.2) is 32.6 Å². The Labute approximate surface area is 99.3 Å². The number of aromatic hydroxyl groups is 1. The van der Waals surface area contributed by atoms with Crippen molar-refractivity contribution in [1.82, 2.24) is 4.72 Å². The predicted octanol–water partition coefficient (Wildman–Crippen LogP) is 0.234. The molecular weight excluding hydrogens is 246 g/mol. The summed E-state index contributed by atoms with van der Waals surface area (Å²) < 4.78 is 30.2. The second-order valence-electron chi connectivity index (χ2n) is 3.23. The van der Waals surface area contributed by atoms with E-state index in [4.69, 9.17) is 5.11 Å². The van der Waals surface area contributed by atoms with Gasteiger partial charge in [-0.05, 0) is 24.3 Å². The van der Waals surface area contributed by atoms with Crippen molar-refractivity contribution in [2.24, 2.45) is 0 Å². The average molecular weight is 259 g/mol. The van der Waals surface area contributed by atoms with Crippen LogP contribution < -0.4 is 4.72 Å². The minimum atomic E-state index is -3.63. The minimum absolute atomic E-state index is 0.00277. The van der Waals surface area contributed by atoms with Crippen molar-refractivity contribution in [3.8, 4) is 5.75 Å². The number of ether oxygens (including phenoxy) is 1. The zero-order valence-corrected chi connectivity index (χ0v) is 10.0. The van der Waals surface area contributed by atoms with Crippen LogP contribution >= 0.6 is 0 Å². The summed E-state index contributed by atoms with van der Waals surface area (Å²) in [5.74, 6) is -0.474. The fourth-order valence-electron chi connectivity index (χ4n) is 1.08. The highest BCUT2D eigenvalue weighted by molar-refractivity contribution is 7.89. The van der Waals surface area contributed by atoms with E-state index in [1.54, 1.807) is 0 Å². The molecule has 0 amide bonds. The quantitative estimate of drug-likeness (QED) is 0.583. The Balaban J connectivity index is 2.57. The van der Waals surface area contributed by atoms with Gasteiger partial charge in [0.1, 0.15) is 12.4 Å². The van der Waals surface area contributed by atoms with Gasteiger partial charge in [0.2, 0.25) is 10.0 Å². The van der Waals surface area contributed by atoms with Gasteiger partial charge in [-0.15, -0.1) is 0 Å². The average Bonchev–Trinajstić information content (AvgIpc) is 2.25. The maximum absolute atomic E-state index is 11.7. The van der Waals surface area contributed by atoms with Crippen LogP contribution in [0, 0.1) is 0 Å². The number of hydrogen-bond acceptors (Lipinski definition) is 5. The topological polar surface area (TPSA) is 92.7 Å². The summed E-state index contributed by atoms with van der Waals surface area (Å²) in [6.45, 7) is 1.23. The van der Waals surface area contributed by atoms with E-state index >= 15 is 0 Å². The SMILES string of the molecule is CC(=O)OCCNS(=O)(=O)c1ccc(O)cc1. The van der Waals surface area contributed by atoms with E-state index in [0.29, 0.717) is 0 Å². The Kier molecular flexibility index (Phi) is 4.47. The number of nitrogens with one attached hydrogen (secondary N) is 1. The maximum atomic E-state index is 11.7. The van der Waals surface area contributed by atoms with E-state index in [1.165, 1.54) is 31.2 Å². The predicted molar refractivity (Wildman–Crippen MR) is 59.9 cm³/mol. The third kappa shape index (κ3) is 4.41. The molecule has 7 heteroatoms. The Morgan fingerprint density at radius 1 is 1.35 bits per heavy atom. The van der Waals surface area contributed by atoms with Crippen LogP contribution in [-0.2, 0) is 19.6 Å². The van der Waals surface area contributed by atoms with Crippen LogP contribution in [0.1, 0.15) is 6.92 Å². The molecule has 0 aliphatic heterocycles. The summed E-state index contributed by atoms with van der Waals surface area (Å²) in [6.07, 6.45) is 0. The molecule has 1 aromatic rings. The number of carbonyl (C=O) groups is 1. The minimum Gasteiger partial charge on any atom is -0.508 e. The second kappa shape index (κ2) is 5.65. The van der Waals surface area contributed by atoms with Gasteiger partial charge in [-0.1, -0.05) is 0 Å². The first-order valence-electron chi connectivity index (χ1n) is 4.84. The highest BCUT2D eigenvalue weighted by Gasteiger charge is 2.12. The van der Waals surface area contributed by atoms with Crippen molar-refractivity contribution < 1.29 is 23.1 Å². The van der Waals surface area contributed by atoms with E-state index in [0.717, 1.165) is 0 Å². The second-order valence-corrected chi connectivity index (χ2v) is 5.00. The van der Waals surface area contributed by atoms with Crippen molar-refractivity contribution in [2.75, 3.05) is 13.2 Å². The largest absolute Gasteiger partial charge is 0.508 e. The van der Waals surface area contributed by atoms with Crippen LogP contribution in [0.15, 0.2) is 29.2 Å². The fourth-order valence-corrected chi connectivity index (χ4v) is 2.09. The normalized spacial score (nSPS) is 11.1. The monoisotopic (exact) mass is 259 g/mol. The van der Waals surface area contributed by atoms with Crippen molar-refractivity contribution in [1.29, 1.82) is 0 Å². The number of carbonyl (C=O) groups excluding carboxylic acids is 1. The summed E-state index contributed by atoms with van der Waals surface area (Å²) in [5.41, 5.74) is 0. The summed E-state index contributed by atoms with van der Waals surface area (Å²) in [4.78, 5) is 10.5. The maximum Gasteiger partial charge on any atom is 0.302 e. The molecule has 0 saturated carbocycles. The van der Waals surface area contributed by atoms with Crippen molar-refractivity contribution in [3.63, 3.8) is 0 Å². The van der Waals surface area contributed by atoms with Gasteiger partial charge < -0.3 is 9.84 Å². The van der Waals surface area contributed by atoms with Gasteiger partial charge >= 0.3 is 5.97 Å². The zero-order chi connectivity index (χ0) is 12.9. The molecule has 2 N–H and O–H groups in total. The molecular formula is C10H13NO5S. The van der Waals surface area contributed by atoms with E-state index in [1.807, 2.05) is 0 Å². The van der Waals surface area contributed by atoms with Gasteiger partial charge in [-0.2, -0.15) is 0 Å². The van der Waals surface area contributed by atoms with E-state index in [-0.39, 0.29) is 23.8 Å². The van der Waals surface area contributed by atoms with Crippen molar-refractivity contribution in [2.45, 2.75) is 11.8 Å². The van der Waals surface area contributed by atoms with Gasteiger partial charge in [0.05, 0.1) is 4.90 Å². The van der Waals surface area contributed by atoms with Gasteiger partial charge in [0, 0.05) is 13.5 Å². The Hall–Kier alpha value is -1.60. The molecule has 0 atom stereocenters. The van der Waals surface area contributed by atoms with Crippen molar-refractivity contribution >= 4 is 16.0 Å². The molecule has 1 aromatic carbocycles. The molecule has 1 rings (SSSR count). The Morgan fingerprint density at radius 2 is 1.94 bits per heavy atom. The summed E-state index contributed by atoms with van der Waals surface area (Å²) in [5, 5.41) is 9.02. The number of rotatable bonds is 5. The molecule has 0 radical (unpaired) electrons. The van der Waals surface area contributed by atoms with Gasteiger partial charge in [-0.3, -0.25) is 4.79 Å². The van der Waals surface area contributed by atoms with Gasteiger partial charge in [-0.25, -0.2) is 13.1 Å². The molecule has 0 fully saturated rings. The lowest BCUT2D eigenvalue weighted by Gasteiger charge is -2.06. The molecule has 0 aliphatic rings. The lowest BCUT2D eigenvalue weighted by Crippen LogP contribution is -2.27. The standard InChI is InChI=1S/C10H13NO5S/c1-8(12)16-7-6-11-17(14,15)10-4-2-9(13)3-5-10/h2-5,11,13H,6-7H2,1H3. The lowest BCUT2D eigenvalue weighted by molar-refractivity contribution is -0.140. The number of sulfonamides is 1. The number of hydrogen-bond donors (Lipinski definition) is 2. The molecule has 0 bridgehead atoms. The molecule has 94 valence electrons. The first kappa shape index (κ1) is 13.5. The van der Waals surface area contributed by atoms with Gasteiger partial charge in [0.25, 0.3) is 0 Å². The highest BCUT2D eigenvalue weighted by atomic mass is 32.2. The summed E-state index contributed by atoms with van der Waals surface area (Å²) in [6, 6.07) is 5.12. The molecule has 17 heavy (non-hydrogen) atoms. The fraction of sp³-hybridized carbons (Fsp3) is 0.300. The van der Waals surface area contributed by atoms with Crippen LogP contribution in [0.4, 0.5) is 0 Å². The summed E-state index contributed by atoms with van der Waals surface area (Å²) in [7, 11) is -3.63. The number of esters is 1. The van der Waals surface area contributed by atoms with Crippen LogP contribution in [0.2, 0.25) is 0 Å². The number of phenols is 1.